The maximum atomic E-state index is 12.1. The van der Waals surface area contributed by atoms with Crippen molar-refractivity contribution in [3.63, 3.8) is 0 Å². The smallest absolute Gasteiger partial charge is 0.342 e. The SMILES string of the molecule is CC(=O)N1CCc2cc(NC(=O)COC(=O)c3cc(C)ccc3O)ccc21. The number of carbonyl (C=O) groups is 3. The molecule has 140 valence electrons. The number of benzene rings is 2. The van der Waals surface area contributed by atoms with Crippen LogP contribution < -0.4 is 10.2 Å². The summed E-state index contributed by atoms with van der Waals surface area (Å²) in [7, 11) is 0. The molecule has 0 atom stereocenters. The molecule has 0 fully saturated rings. The van der Waals surface area contributed by atoms with E-state index in [2.05, 4.69) is 5.32 Å². The Balaban J connectivity index is 1.59. The predicted molar refractivity (Wildman–Crippen MR) is 99.9 cm³/mol. The topological polar surface area (TPSA) is 95.9 Å². The predicted octanol–water partition coefficient (Wildman–Crippen LogP) is 2.41. The molecule has 0 aromatic heterocycles. The minimum Gasteiger partial charge on any atom is -0.507 e. The molecule has 2 aromatic carbocycles. The number of phenols is 1. The Hall–Kier alpha value is -3.35. The molecule has 0 bridgehead atoms. The summed E-state index contributed by atoms with van der Waals surface area (Å²) in [4.78, 5) is 37.3. The first-order valence-electron chi connectivity index (χ1n) is 8.53. The van der Waals surface area contributed by atoms with Gasteiger partial charge in [0.1, 0.15) is 11.3 Å². The van der Waals surface area contributed by atoms with Crippen LogP contribution in [0.3, 0.4) is 0 Å². The number of esters is 1. The maximum Gasteiger partial charge on any atom is 0.342 e. The Morgan fingerprint density at radius 1 is 1.19 bits per heavy atom. The summed E-state index contributed by atoms with van der Waals surface area (Å²) in [5.41, 5.74) is 3.21. The molecule has 2 aromatic rings. The second kappa shape index (κ2) is 7.49. The number of phenolic OH excluding ortho intramolecular Hbond substituents is 1. The van der Waals surface area contributed by atoms with E-state index in [1.165, 1.54) is 19.1 Å². The van der Waals surface area contributed by atoms with Crippen LogP contribution >= 0.6 is 0 Å². The molecule has 0 radical (unpaired) electrons. The van der Waals surface area contributed by atoms with Gasteiger partial charge in [-0.05, 0) is 49.2 Å². The fourth-order valence-electron chi connectivity index (χ4n) is 3.03. The third-order valence-corrected chi connectivity index (χ3v) is 4.35. The summed E-state index contributed by atoms with van der Waals surface area (Å²) in [6, 6.07) is 9.87. The fraction of sp³-hybridized carbons (Fsp3) is 0.250. The number of aryl methyl sites for hydroxylation is 1. The molecule has 7 nitrogen and oxygen atoms in total. The standard InChI is InChI=1S/C20H20N2O5/c1-12-3-6-18(24)16(9-12)20(26)27-11-19(25)21-15-4-5-17-14(10-15)7-8-22(17)13(2)23/h3-6,9-10,24H,7-8,11H2,1-2H3,(H,21,25). The van der Waals surface area contributed by atoms with Gasteiger partial charge in [-0.1, -0.05) is 11.6 Å². The molecule has 0 saturated heterocycles. The molecule has 2 N–H and O–H groups in total. The van der Waals surface area contributed by atoms with Gasteiger partial charge < -0.3 is 20.1 Å². The quantitative estimate of drug-likeness (QED) is 0.808. The van der Waals surface area contributed by atoms with Gasteiger partial charge in [-0.3, -0.25) is 9.59 Å². The molecule has 7 heteroatoms. The molecule has 3 rings (SSSR count). The van der Waals surface area contributed by atoms with Crippen LogP contribution in [0.2, 0.25) is 0 Å². The number of hydrogen-bond donors (Lipinski definition) is 2. The van der Waals surface area contributed by atoms with E-state index in [1.54, 1.807) is 30.0 Å². The summed E-state index contributed by atoms with van der Waals surface area (Å²) >= 11 is 0. The van der Waals surface area contributed by atoms with E-state index in [1.807, 2.05) is 6.07 Å². The van der Waals surface area contributed by atoms with Gasteiger partial charge in [-0.25, -0.2) is 4.79 Å². The molecule has 2 amide bonds. The molecule has 0 saturated carbocycles. The number of hydrogen-bond acceptors (Lipinski definition) is 5. The van der Waals surface area contributed by atoms with E-state index in [0.29, 0.717) is 12.2 Å². The van der Waals surface area contributed by atoms with Crippen LogP contribution in [0.1, 0.15) is 28.4 Å². The summed E-state index contributed by atoms with van der Waals surface area (Å²) < 4.78 is 4.98. The van der Waals surface area contributed by atoms with Crippen LogP contribution in [0.4, 0.5) is 11.4 Å². The van der Waals surface area contributed by atoms with E-state index in [9.17, 15) is 19.5 Å². The van der Waals surface area contributed by atoms with Gasteiger partial charge >= 0.3 is 5.97 Å². The highest BCUT2D eigenvalue weighted by Gasteiger charge is 2.22. The van der Waals surface area contributed by atoms with Crippen molar-refractivity contribution < 1.29 is 24.2 Å². The average molecular weight is 368 g/mol. The van der Waals surface area contributed by atoms with E-state index >= 15 is 0 Å². The molecule has 1 aliphatic rings. The third-order valence-electron chi connectivity index (χ3n) is 4.35. The van der Waals surface area contributed by atoms with Crippen LogP contribution in [-0.2, 0) is 20.7 Å². The largest absolute Gasteiger partial charge is 0.507 e. The van der Waals surface area contributed by atoms with Gasteiger partial charge in [0, 0.05) is 24.8 Å². The van der Waals surface area contributed by atoms with E-state index in [-0.39, 0.29) is 17.2 Å². The average Bonchev–Trinajstić information content (AvgIpc) is 3.05. The van der Waals surface area contributed by atoms with Crippen molar-refractivity contribution in [2.24, 2.45) is 0 Å². The lowest BCUT2D eigenvalue weighted by atomic mass is 10.1. The van der Waals surface area contributed by atoms with Crippen LogP contribution in [0, 0.1) is 6.92 Å². The van der Waals surface area contributed by atoms with Crippen molar-refractivity contribution in [3.05, 3.63) is 53.1 Å². The van der Waals surface area contributed by atoms with Crippen molar-refractivity contribution in [3.8, 4) is 5.75 Å². The molecule has 1 aliphatic heterocycles. The zero-order valence-corrected chi connectivity index (χ0v) is 15.1. The molecule has 0 spiro atoms. The number of ether oxygens (including phenoxy) is 1. The number of amides is 2. The Bertz CT molecular complexity index is 923. The number of nitrogens with one attached hydrogen (secondary N) is 1. The second-order valence-corrected chi connectivity index (χ2v) is 6.41. The van der Waals surface area contributed by atoms with E-state index in [0.717, 1.165) is 23.2 Å². The fourth-order valence-corrected chi connectivity index (χ4v) is 3.03. The number of rotatable bonds is 4. The first-order valence-corrected chi connectivity index (χ1v) is 8.53. The monoisotopic (exact) mass is 368 g/mol. The minimum absolute atomic E-state index is 0.0168. The van der Waals surface area contributed by atoms with Crippen LogP contribution in [0.25, 0.3) is 0 Å². The van der Waals surface area contributed by atoms with Crippen LogP contribution in [0.5, 0.6) is 5.75 Å². The van der Waals surface area contributed by atoms with E-state index in [4.69, 9.17) is 4.74 Å². The first-order chi connectivity index (χ1) is 12.8. The molecular formula is C20H20N2O5. The van der Waals surface area contributed by atoms with Gasteiger partial charge in [-0.15, -0.1) is 0 Å². The Morgan fingerprint density at radius 2 is 1.96 bits per heavy atom. The number of anilines is 2. The molecule has 0 aliphatic carbocycles. The first kappa shape index (κ1) is 18.4. The highest BCUT2D eigenvalue weighted by atomic mass is 16.5. The van der Waals surface area contributed by atoms with Crippen molar-refractivity contribution in [1.29, 1.82) is 0 Å². The summed E-state index contributed by atoms with van der Waals surface area (Å²) in [5, 5.41) is 12.4. The van der Waals surface area contributed by atoms with Crippen molar-refractivity contribution in [2.75, 3.05) is 23.4 Å². The van der Waals surface area contributed by atoms with Gasteiger partial charge in [0.25, 0.3) is 5.91 Å². The highest BCUT2D eigenvalue weighted by molar-refractivity contribution is 5.98. The minimum atomic E-state index is -0.766. The lowest BCUT2D eigenvalue weighted by Crippen LogP contribution is -2.25. The van der Waals surface area contributed by atoms with Gasteiger partial charge in [0.2, 0.25) is 5.91 Å². The number of nitrogens with zero attached hydrogens (tertiary/aromatic N) is 1. The molecular weight excluding hydrogens is 348 g/mol. The van der Waals surface area contributed by atoms with Crippen LogP contribution in [0.15, 0.2) is 36.4 Å². The Labute approximate surface area is 156 Å². The normalized spacial score (nSPS) is 12.4. The Morgan fingerprint density at radius 3 is 2.70 bits per heavy atom. The van der Waals surface area contributed by atoms with Gasteiger partial charge in [-0.2, -0.15) is 0 Å². The zero-order chi connectivity index (χ0) is 19.6. The summed E-state index contributed by atoms with van der Waals surface area (Å²) in [6.07, 6.45) is 0.722. The van der Waals surface area contributed by atoms with Gasteiger partial charge in [0.15, 0.2) is 6.61 Å². The second-order valence-electron chi connectivity index (χ2n) is 6.41. The molecule has 27 heavy (non-hydrogen) atoms. The maximum absolute atomic E-state index is 12.1. The summed E-state index contributed by atoms with van der Waals surface area (Å²) in [6.45, 7) is 3.46. The lowest BCUT2D eigenvalue weighted by Gasteiger charge is -2.15. The van der Waals surface area contributed by atoms with Crippen LogP contribution in [-0.4, -0.2) is 36.0 Å². The zero-order valence-electron chi connectivity index (χ0n) is 15.1. The molecule has 1 heterocycles. The number of aromatic hydroxyl groups is 1. The van der Waals surface area contributed by atoms with Crippen molar-refractivity contribution >= 4 is 29.2 Å². The number of carbonyl (C=O) groups excluding carboxylic acids is 3. The number of fused-ring (bicyclic) bond motifs is 1. The van der Waals surface area contributed by atoms with E-state index < -0.39 is 18.5 Å². The Kier molecular flexibility index (Phi) is 5.12. The lowest BCUT2D eigenvalue weighted by molar-refractivity contribution is -0.119. The highest BCUT2D eigenvalue weighted by Crippen LogP contribution is 2.30. The summed E-state index contributed by atoms with van der Waals surface area (Å²) in [5.74, 6) is -1.47. The third kappa shape index (κ3) is 4.08. The van der Waals surface area contributed by atoms with Crippen molar-refractivity contribution in [1.82, 2.24) is 0 Å². The molecule has 0 unspecified atom stereocenters. The van der Waals surface area contributed by atoms with Gasteiger partial charge in [0.05, 0.1) is 0 Å². The van der Waals surface area contributed by atoms with Crippen molar-refractivity contribution in [2.45, 2.75) is 20.3 Å².